The maximum absolute atomic E-state index is 13.1. The highest BCUT2D eigenvalue weighted by Crippen LogP contribution is 2.22. The summed E-state index contributed by atoms with van der Waals surface area (Å²) in [6.45, 7) is 4.59. The molecule has 0 unspecified atom stereocenters. The van der Waals surface area contributed by atoms with Crippen LogP contribution in [0.15, 0.2) is 36.4 Å². The number of amides is 1. The maximum Gasteiger partial charge on any atom is 0.257 e. The molecule has 1 amide bonds. The zero-order chi connectivity index (χ0) is 15.4. The number of nitrogens with one attached hydrogen (secondary N) is 2. The summed E-state index contributed by atoms with van der Waals surface area (Å²) in [6.07, 6.45) is 0. The summed E-state index contributed by atoms with van der Waals surface area (Å²) in [5.74, 6) is -0.782. The quantitative estimate of drug-likeness (QED) is 0.875. The molecular formula is C16H16ClFN2O. The van der Waals surface area contributed by atoms with E-state index in [0.29, 0.717) is 17.8 Å². The van der Waals surface area contributed by atoms with Gasteiger partial charge in [0.1, 0.15) is 5.82 Å². The molecule has 0 atom stereocenters. The second-order valence-electron chi connectivity index (χ2n) is 4.66. The third-order valence-electron chi connectivity index (χ3n) is 2.96. The SMILES string of the molecule is CCNc1ccc(C)cc1C(=O)Nc1ccc(F)c(Cl)c1. The molecule has 0 aliphatic rings. The van der Waals surface area contributed by atoms with E-state index >= 15 is 0 Å². The Morgan fingerprint density at radius 3 is 2.67 bits per heavy atom. The minimum Gasteiger partial charge on any atom is -0.385 e. The van der Waals surface area contributed by atoms with Gasteiger partial charge in [0.15, 0.2) is 0 Å². The monoisotopic (exact) mass is 306 g/mol. The fourth-order valence-corrected chi connectivity index (χ4v) is 2.14. The summed E-state index contributed by atoms with van der Waals surface area (Å²) in [5, 5.41) is 5.84. The second-order valence-corrected chi connectivity index (χ2v) is 5.07. The molecule has 0 saturated carbocycles. The van der Waals surface area contributed by atoms with Crippen molar-refractivity contribution in [1.29, 1.82) is 0 Å². The van der Waals surface area contributed by atoms with Crippen LogP contribution in [0, 0.1) is 12.7 Å². The maximum atomic E-state index is 13.1. The molecular weight excluding hydrogens is 291 g/mol. The van der Waals surface area contributed by atoms with Crippen molar-refractivity contribution in [3.8, 4) is 0 Å². The van der Waals surface area contributed by atoms with Crippen molar-refractivity contribution < 1.29 is 9.18 Å². The van der Waals surface area contributed by atoms with Gasteiger partial charge < -0.3 is 10.6 Å². The number of hydrogen-bond donors (Lipinski definition) is 2. The van der Waals surface area contributed by atoms with Crippen LogP contribution < -0.4 is 10.6 Å². The van der Waals surface area contributed by atoms with Crippen LogP contribution in [0.1, 0.15) is 22.8 Å². The van der Waals surface area contributed by atoms with Crippen molar-refractivity contribution in [3.63, 3.8) is 0 Å². The van der Waals surface area contributed by atoms with Gasteiger partial charge in [0.25, 0.3) is 5.91 Å². The third kappa shape index (κ3) is 3.73. The molecule has 0 saturated heterocycles. The molecule has 2 rings (SSSR count). The molecule has 110 valence electrons. The molecule has 0 aromatic heterocycles. The average Bonchev–Trinajstić information content (AvgIpc) is 2.45. The summed E-state index contributed by atoms with van der Waals surface area (Å²) in [4.78, 5) is 12.4. The van der Waals surface area contributed by atoms with Crippen LogP contribution in [-0.4, -0.2) is 12.5 Å². The Morgan fingerprint density at radius 2 is 2.00 bits per heavy atom. The van der Waals surface area contributed by atoms with Crippen LogP contribution >= 0.6 is 11.6 Å². The van der Waals surface area contributed by atoms with Gasteiger partial charge in [-0.05, 0) is 44.2 Å². The largest absolute Gasteiger partial charge is 0.385 e. The van der Waals surface area contributed by atoms with E-state index in [9.17, 15) is 9.18 Å². The van der Waals surface area contributed by atoms with E-state index < -0.39 is 5.82 Å². The van der Waals surface area contributed by atoms with E-state index in [4.69, 9.17) is 11.6 Å². The average molecular weight is 307 g/mol. The number of benzene rings is 2. The summed E-state index contributed by atoms with van der Waals surface area (Å²) in [6, 6.07) is 9.69. The minimum absolute atomic E-state index is 0.0241. The topological polar surface area (TPSA) is 41.1 Å². The molecule has 0 radical (unpaired) electrons. The lowest BCUT2D eigenvalue weighted by molar-refractivity contribution is 0.102. The number of anilines is 2. The summed E-state index contributed by atoms with van der Waals surface area (Å²) >= 11 is 5.71. The van der Waals surface area contributed by atoms with Gasteiger partial charge in [0.2, 0.25) is 0 Å². The van der Waals surface area contributed by atoms with Crippen molar-refractivity contribution in [2.45, 2.75) is 13.8 Å². The van der Waals surface area contributed by atoms with Gasteiger partial charge in [-0.2, -0.15) is 0 Å². The predicted molar refractivity (Wildman–Crippen MR) is 84.7 cm³/mol. The standard InChI is InChI=1S/C16H16ClFN2O/c1-3-19-15-7-4-10(2)8-12(15)16(21)20-11-5-6-14(18)13(17)9-11/h4-9,19H,3H2,1-2H3,(H,20,21). The van der Waals surface area contributed by atoms with Gasteiger partial charge >= 0.3 is 0 Å². The molecule has 0 spiro atoms. The number of aryl methyl sites for hydroxylation is 1. The third-order valence-corrected chi connectivity index (χ3v) is 3.25. The Kier molecular flexibility index (Phi) is 4.81. The zero-order valence-corrected chi connectivity index (χ0v) is 12.6. The van der Waals surface area contributed by atoms with E-state index in [1.54, 1.807) is 6.07 Å². The molecule has 2 aromatic rings. The Labute approximate surface area is 128 Å². The fraction of sp³-hybridized carbons (Fsp3) is 0.188. The first-order valence-electron chi connectivity index (χ1n) is 6.62. The highest BCUT2D eigenvalue weighted by atomic mass is 35.5. The molecule has 0 aliphatic carbocycles. The molecule has 3 nitrogen and oxygen atoms in total. The lowest BCUT2D eigenvalue weighted by Gasteiger charge is -2.12. The molecule has 0 heterocycles. The van der Waals surface area contributed by atoms with Crippen LogP contribution in [0.5, 0.6) is 0 Å². The molecule has 21 heavy (non-hydrogen) atoms. The molecule has 0 bridgehead atoms. The van der Waals surface area contributed by atoms with Crippen LogP contribution in [0.3, 0.4) is 0 Å². The van der Waals surface area contributed by atoms with E-state index in [-0.39, 0.29) is 10.9 Å². The van der Waals surface area contributed by atoms with E-state index in [0.717, 1.165) is 11.3 Å². The van der Waals surface area contributed by atoms with Crippen molar-refractivity contribution in [1.82, 2.24) is 0 Å². The molecule has 2 N–H and O–H groups in total. The lowest BCUT2D eigenvalue weighted by atomic mass is 10.1. The van der Waals surface area contributed by atoms with Gasteiger partial charge in [0.05, 0.1) is 10.6 Å². The van der Waals surface area contributed by atoms with Crippen molar-refractivity contribution in [2.75, 3.05) is 17.2 Å². The Hall–Kier alpha value is -2.07. The number of halogens is 2. The Balaban J connectivity index is 2.27. The van der Waals surface area contributed by atoms with Crippen LogP contribution in [0.4, 0.5) is 15.8 Å². The number of rotatable bonds is 4. The predicted octanol–water partition coefficient (Wildman–Crippen LogP) is 4.47. The van der Waals surface area contributed by atoms with Crippen molar-refractivity contribution in [2.24, 2.45) is 0 Å². The first-order valence-corrected chi connectivity index (χ1v) is 7.00. The molecule has 2 aromatic carbocycles. The molecule has 0 aliphatic heterocycles. The van der Waals surface area contributed by atoms with Crippen LogP contribution in [-0.2, 0) is 0 Å². The zero-order valence-electron chi connectivity index (χ0n) is 11.8. The summed E-state index contributed by atoms with van der Waals surface area (Å²) < 4.78 is 13.1. The molecule has 0 fully saturated rings. The smallest absolute Gasteiger partial charge is 0.257 e. The van der Waals surface area contributed by atoms with Gasteiger partial charge in [-0.1, -0.05) is 23.2 Å². The van der Waals surface area contributed by atoms with E-state index in [1.165, 1.54) is 18.2 Å². The fourth-order valence-electron chi connectivity index (χ4n) is 1.96. The molecule has 5 heteroatoms. The minimum atomic E-state index is -0.515. The summed E-state index contributed by atoms with van der Waals surface area (Å²) in [5.41, 5.74) is 2.74. The lowest BCUT2D eigenvalue weighted by Crippen LogP contribution is -2.15. The first kappa shape index (κ1) is 15.3. The van der Waals surface area contributed by atoms with Gasteiger partial charge in [-0.3, -0.25) is 4.79 Å². The van der Waals surface area contributed by atoms with E-state index in [1.807, 2.05) is 26.0 Å². The van der Waals surface area contributed by atoms with Gasteiger partial charge in [-0.15, -0.1) is 0 Å². The number of hydrogen-bond acceptors (Lipinski definition) is 2. The van der Waals surface area contributed by atoms with Crippen molar-refractivity contribution >= 4 is 28.9 Å². The highest BCUT2D eigenvalue weighted by Gasteiger charge is 2.12. The van der Waals surface area contributed by atoms with E-state index in [2.05, 4.69) is 10.6 Å². The Bertz CT molecular complexity index is 673. The van der Waals surface area contributed by atoms with Crippen LogP contribution in [0.2, 0.25) is 5.02 Å². The first-order chi connectivity index (χ1) is 10.0. The second kappa shape index (κ2) is 6.59. The normalized spacial score (nSPS) is 10.3. The summed E-state index contributed by atoms with van der Waals surface area (Å²) in [7, 11) is 0. The number of carbonyl (C=O) groups is 1. The number of carbonyl (C=O) groups excluding carboxylic acids is 1. The van der Waals surface area contributed by atoms with Crippen molar-refractivity contribution in [3.05, 3.63) is 58.4 Å². The van der Waals surface area contributed by atoms with Gasteiger partial charge in [-0.25, -0.2) is 4.39 Å². The Morgan fingerprint density at radius 1 is 1.24 bits per heavy atom. The van der Waals surface area contributed by atoms with Crippen LogP contribution in [0.25, 0.3) is 0 Å². The van der Waals surface area contributed by atoms with Gasteiger partial charge in [0, 0.05) is 17.9 Å². The highest BCUT2D eigenvalue weighted by molar-refractivity contribution is 6.31.